The van der Waals surface area contributed by atoms with Crippen LogP contribution in [-0.4, -0.2) is 44.3 Å². The summed E-state index contributed by atoms with van der Waals surface area (Å²) < 4.78 is 33.0. The van der Waals surface area contributed by atoms with E-state index in [4.69, 9.17) is 4.74 Å². The van der Waals surface area contributed by atoms with Crippen LogP contribution in [0.5, 0.6) is 0 Å². The second-order valence-corrected chi connectivity index (χ2v) is 11.0. The van der Waals surface area contributed by atoms with Crippen molar-refractivity contribution in [3.63, 3.8) is 0 Å². The van der Waals surface area contributed by atoms with Crippen LogP contribution in [0.1, 0.15) is 48.5 Å². The number of hydrogen-bond donors (Lipinski definition) is 1. The third-order valence-corrected chi connectivity index (χ3v) is 7.92. The number of benzene rings is 2. The Balaban J connectivity index is 1.49. The summed E-state index contributed by atoms with van der Waals surface area (Å²) in [7, 11) is -3.45. The third-order valence-electron chi connectivity index (χ3n) is 5.58. The first kappa shape index (κ1) is 25.4. The summed E-state index contributed by atoms with van der Waals surface area (Å²) in [4.78, 5) is 24.6. The maximum absolute atomic E-state index is 12.8. The summed E-state index contributed by atoms with van der Waals surface area (Å²) in [5, 5.41) is 2.87. The number of carbonyl (C=O) groups excluding carboxylic acids is 2. The molecule has 0 unspecified atom stereocenters. The normalized spacial score (nSPS) is 15.2. The topological polar surface area (TPSA) is 92.8 Å². The summed E-state index contributed by atoms with van der Waals surface area (Å²) in [6.45, 7) is 3.05. The van der Waals surface area contributed by atoms with Gasteiger partial charge in [-0.1, -0.05) is 41.4 Å². The second-order valence-electron chi connectivity index (χ2n) is 8.12. The van der Waals surface area contributed by atoms with E-state index in [1.165, 1.54) is 4.31 Å². The number of nitrogens with zero attached hydrogens (tertiary/aromatic N) is 1. The molecule has 9 heteroatoms. The molecule has 2 aromatic rings. The van der Waals surface area contributed by atoms with Crippen molar-refractivity contribution < 1.29 is 22.7 Å². The van der Waals surface area contributed by atoms with Crippen LogP contribution in [0.2, 0.25) is 0 Å². The summed E-state index contributed by atoms with van der Waals surface area (Å²) in [5.74, 6) is -0.840. The van der Waals surface area contributed by atoms with E-state index in [2.05, 4.69) is 21.2 Å². The number of nitrogens with one attached hydrogen (secondary N) is 1. The molecule has 0 saturated carbocycles. The first-order chi connectivity index (χ1) is 15.8. The number of piperidine rings is 1. The first-order valence-electron chi connectivity index (χ1n) is 11.1. The molecule has 0 bridgehead atoms. The molecule has 0 aliphatic carbocycles. The van der Waals surface area contributed by atoms with E-state index in [1.807, 2.05) is 19.1 Å². The van der Waals surface area contributed by atoms with E-state index >= 15 is 0 Å². The van der Waals surface area contributed by atoms with Crippen LogP contribution in [0, 0.1) is 5.92 Å². The third kappa shape index (κ3) is 7.38. The molecule has 1 aliphatic rings. The zero-order chi connectivity index (χ0) is 23.8. The van der Waals surface area contributed by atoms with Gasteiger partial charge in [0.25, 0.3) is 0 Å². The van der Waals surface area contributed by atoms with Gasteiger partial charge in [-0.15, -0.1) is 0 Å². The van der Waals surface area contributed by atoms with Gasteiger partial charge in [0.1, 0.15) is 0 Å². The molecule has 0 spiro atoms. The standard InChI is InChI=1S/C24H29BrN2O5S/c1-2-3-15-32-24(29)20-7-9-22(10-8-20)26-23(28)19-11-13-27(14-12-19)33(30,31)17-18-5-4-6-21(25)16-18/h4-10,16,19H,2-3,11-15,17H2,1H3,(H,26,28). The number of ether oxygens (including phenoxy) is 1. The second kappa shape index (κ2) is 11.8. The fraction of sp³-hybridized carbons (Fsp3) is 0.417. The number of anilines is 1. The lowest BCUT2D eigenvalue weighted by atomic mass is 9.97. The number of halogens is 1. The molecular formula is C24H29BrN2O5S. The molecule has 1 N–H and O–H groups in total. The van der Waals surface area contributed by atoms with Crippen molar-refractivity contribution in [2.24, 2.45) is 5.92 Å². The highest BCUT2D eigenvalue weighted by Crippen LogP contribution is 2.24. The zero-order valence-electron chi connectivity index (χ0n) is 18.6. The largest absolute Gasteiger partial charge is 0.462 e. The Labute approximate surface area is 203 Å². The minimum atomic E-state index is -3.45. The van der Waals surface area contributed by atoms with Gasteiger partial charge in [-0.2, -0.15) is 0 Å². The Bertz CT molecular complexity index is 1060. The van der Waals surface area contributed by atoms with Crippen molar-refractivity contribution in [2.45, 2.75) is 38.4 Å². The summed E-state index contributed by atoms with van der Waals surface area (Å²) in [6, 6.07) is 13.9. The summed E-state index contributed by atoms with van der Waals surface area (Å²) >= 11 is 3.36. The summed E-state index contributed by atoms with van der Waals surface area (Å²) in [5.41, 5.74) is 1.75. The predicted octanol–water partition coefficient (Wildman–Crippen LogP) is 4.59. The number of amides is 1. The quantitative estimate of drug-likeness (QED) is 0.373. The number of carbonyl (C=O) groups is 2. The lowest BCUT2D eigenvalue weighted by molar-refractivity contribution is -0.120. The maximum Gasteiger partial charge on any atom is 0.338 e. The van der Waals surface area contributed by atoms with E-state index in [0.29, 0.717) is 43.8 Å². The molecule has 0 atom stereocenters. The number of hydrogen-bond acceptors (Lipinski definition) is 5. The van der Waals surface area contributed by atoms with Crippen LogP contribution in [-0.2, 0) is 25.3 Å². The van der Waals surface area contributed by atoms with Gasteiger partial charge in [0.2, 0.25) is 15.9 Å². The molecule has 1 aliphatic heterocycles. The van der Waals surface area contributed by atoms with Crippen LogP contribution in [0.15, 0.2) is 53.0 Å². The smallest absolute Gasteiger partial charge is 0.338 e. The Kier molecular flexibility index (Phi) is 9.05. The average Bonchev–Trinajstić information content (AvgIpc) is 2.79. The molecule has 2 aromatic carbocycles. The van der Waals surface area contributed by atoms with Crippen molar-refractivity contribution in [1.29, 1.82) is 0 Å². The zero-order valence-corrected chi connectivity index (χ0v) is 21.0. The minimum Gasteiger partial charge on any atom is -0.462 e. The molecule has 33 heavy (non-hydrogen) atoms. The Hall–Kier alpha value is -2.23. The number of rotatable bonds is 9. The molecular weight excluding hydrogens is 508 g/mol. The van der Waals surface area contributed by atoms with Crippen molar-refractivity contribution >= 4 is 43.5 Å². The molecule has 1 fully saturated rings. The van der Waals surface area contributed by atoms with Gasteiger partial charge in [0.15, 0.2) is 0 Å². The first-order valence-corrected chi connectivity index (χ1v) is 13.5. The van der Waals surface area contributed by atoms with E-state index < -0.39 is 10.0 Å². The number of esters is 1. The lowest BCUT2D eigenvalue weighted by Gasteiger charge is -2.30. The molecule has 0 radical (unpaired) electrons. The summed E-state index contributed by atoms with van der Waals surface area (Å²) in [6.07, 6.45) is 2.70. The highest BCUT2D eigenvalue weighted by Gasteiger charge is 2.31. The Morgan fingerprint density at radius 2 is 1.82 bits per heavy atom. The predicted molar refractivity (Wildman–Crippen MR) is 131 cm³/mol. The average molecular weight is 537 g/mol. The van der Waals surface area contributed by atoms with Crippen LogP contribution in [0.25, 0.3) is 0 Å². The lowest BCUT2D eigenvalue weighted by Crippen LogP contribution is -2.41. The molecule has 1 heterocycles. The van der Waals surface area contributed by atoms with Gasteiger partial charge in [0, 0.05) is 29.2 Å². The fourth-order valence-corrected chi connectivity index (χ4v) is 5.65. The Morgan fingerprint density at radius 1 is 1.12 bits per heavy atom. The van der Waals surface area contributed by atoms with Gasteiger partial charge >= 0.3 is 5.97 Å². The maximum atomic E-state index is 12.8. The van der Waals surface area contributed by atoms with Gasteiger partial charge in [-0.25, -0.2) is 17.5 Å². The van der Waals surface area contributed by atoms with Crippen LogP contribution < -0.4 is 5.32 Å². The Morgan fingerprint density at radius 3 is 2.45 bits per heavy atom. The van der Waals surface area contributed by atoms with Crippen molar-refractivity contribution in [2.75, 3.05) is 25.0 Å². The highest BCUT2D eigenvalue weighted by atomic mass is 79.9. The van der Waals surface area contributed by atoms with E-state index in [-0.39, 0.29) is 23.5 Å². The monoisotopic (exact) mass is 536 g/mol. The molecule has 0 aromatic heterocycles. The van der Waals surface area contributed by atoms with Gasteiger partial charge in [0.05, 0.1) is 17.9 Å². The molecule has 7 nitrogen and oxygen atoms in total. The van der Waals surface area contributed by atoms with Crippen molar-refractivity contribution in [1.82, 2.24) is 4.31 Å². The van der Waals surface area contributed by atoms with Crippen LogP contribution >= 0.6 is 15.9 Å². The fourth-order valence-electron chi connectivity index (χ4n) is 3.65. The van der Waals surface area contributed by atoms with E-state index in [0.717, 1.165) is 22.9 Å². The van der Waals surface area contributed by atoms with Crippen LogP contribution in [0.4, 0.5) is 5.69 Å². The van der Waals surface area contributed by atoms with E-state index in [9.17, 15) is 18.0 Å². The molecule has 178 valence electrons. The molecule has 1 amide bonds. The number of unbranched alkanes of at least 4 members (excludes halogenated alkanes) is 1. The SMILES string of the molecule is CCCCOC(=O)c1ccc(NC(=O)C2CCN(S(=O)(=O)Cc3cccc(Br)c3)CC2)cc1. The van der Waals surface area contributed by atoms with Gasteiger partial charge in [-0.05, 0) is 61.2 Å². The van der Waals surface area contributed by atoms with Gasteiger partial charge in [-0.3, -0.25) is 4.79 Å². The van der Waals surface area contributed by atoms with Crippen molar-refractivity contribution in [3.05, 3.63) is 64.1 Å². The minimum absolute atomic E-state index is 0.0590. The van der Waals surface area contributed by atoms with Crippen LogP contribution in [0.3, 0.4) is 0 Å². The van der Waals surface area contributed by atoms with Gasteiger partial charge < -0.3 is 10.1 Å². The number of sulfonamides is 1. The highest BCUT2D eigenvalue weighted by molar-refractivity contribution is 9.10. The van der Waals surface area contributed by atoms with Crippen molar-refractivity contribution in [3.8, 4) is 0 Å². The van der Waals surface area contributed by atoms with E-state index in [1.54, 1.807) is 36.4 Å². The molecule has 3 rings (SSSR count). The molecule has 1 saturated heterocycles.